The molecule has 0 saturated heterocycles. The van der Waals surface area contributed by atoms with E-state index in [1.165, 1.54) is 10.6 Å². The van der Waals surface area contributed by atoms with Crippen molar-refractivity contribution < 1.29 is 13.2 Å². The Bertz CT molecular complexity index is 640. The highest BCUT2D eigenvalue weighted by Crippen LogP contribution is 2.30. The van der Waals surface area contributed by atoms with Gasteiger partial charge in [0.05, 0.1) is 16.6 Å². The van der Waals surface area contributed by atoms with Crippen LogP contribution in [0.25, 0.3) is 11.0 Å². The molecule has 1 N–H and O–H groups in total. The molecule has 0 aliphatic rings. The van der Waals surface area contributed by atoms with Gasteiger partial charge in [-0.3, -0.25) is 4.57 Å². The molecule has 0 aliphatic heterocycles. The third-order valence-electron chi connectivity index (χ3n) is 2.87. The Morgan fingerprint density at radius 1 is 1.32 bits per heavy atom. The first kappa shape index (κ1) is 13.7. The number of aromatic amines is 1. The summed E-state index contributed by atoms with van der Waals surface area (Å²) in [5.41, 5.74) is -0.462. The summed E-state index contributed by atoms with van der Waals surface area (Å²) in [5, 5.41) is 0. The summed E-state index contributed by atoms with van der Waals surface area (Å²) < 4.78 is 39.2. The molecular weight excluding hydrogens is 259 g/mol. The minimum Gasteiger partial charge on any atom is -0.308 e. The number of hydrogen-bond donors (Lipinski definition) is 1. The Morgan fingerprint density at radius 3 is 2.58 bits per heavy atom. The van der Waals surface area contributed by atoms with Gasteiger partial charge in [0.2, 0.25) is 0 Å². The Morgan fingerprint density at radius 2 is 2.00 bits per heavy atom. The highest BCUT2D eigenvalue weighted by molar-refractivity contribution is 5.76. The van der Waals surface area contributed by atoms with Gasteiger partial charge in [0.15, 0.2) is 0 Å². The van der Waals surface area contributed by atoms with E-state index in [9.17, 15) is 18.0 Å². The van der Waals surface area contributed by atoms with Crippen molar-refractivity contribution >= 4 is 11.0 Å². The van der Waals surface area contributed by atoms with Gasteiger partial charge in [-0.2, -0.15) is 13.2 Å². The van der Waals surface area contributed by atoms with E-state index in [1.807, 2.05) is 19.0 Å². The zero-order valence-electron chi connectivity index (χ0n) is 10.6. The van der Waals surface area contributed by atoms with Crippen LogP contribution in [0.3, 0.4) is 0 Å². The molecule has 1 aromatic heterocycles. The van der Waals surface area contributed by atoms with E-state index < -0.39 is 17.4 Å². The van der Waals surface area contributed by atoms with Crippen LogP contribution in [0, 0.1) is 0 Å². The molecule has 7 heteroatoms. The normalized spacial score (nSPS) is 12.5. The first-order valence-electron chi connectivity index (χ1n) is 5.73. The highest BCUT2D eigenvalue weighted by Gasteiger charge is 2.30. The molecule has 104 valence electrons. The molecule has 0 fully saturated rings. The lowest BCUT2D eigenvalue weighted by molar-refractivity contribution is -0.137. The van der Waals surface area contributed by atoms with Gasteiger partial charge in [-0.1, -0.05) is 0 Å². The number of nitrogens with one attached hydrogen (secondary N) is 1. The maximum absolute atomic E-state index is 12.6. The summed E-state index contributed by atoms with van der Waals surface area (Å²) in [7, 11) is 3.73. The predicted molar refractivity (Wildman–Crippen MR) is 66.1 cm³/mol. The van der Waals surface area contributed by atoms with Crippen LogP contribution >= 0.6 is 0 Å². The largest absolute Gasteiger partial charge is 0.416 e. The number of likely N-dealkylation sites (N-methyl/N-ethyl adjacent to an activating group) is 1. The van der Waals surface area contributed by atoms with E-state index in [0.717, 1.165) is 12.1 Å². The van der Waals surface area contributed by atoms with E-state index in [4.69, 9.17) is 0 Å². The van der Waals surface area contributed by atoms with Crippen LogP contribution in [-0.4, -0.2) is 35.1 Å². The molecule has 19 heavy (non-hydrogen) atoms. The molecule has 0 radical (unpaired) electrons. The standard InChI is InChI=1S/C12H14F3N3O/c1-17(2)5-6-18-10-4-3-8(12(13,14)15)7-9(10)16-11(18)19/h3-4,7H,5-6H2,1-2H3,(H,16,19). The minimum absolute atomic E-state index is 0.207. The molecule has 0 amide bonds. The molecule has 0 aliphatic carbocycles. The number of fused-ring (bicyclic) bond motifs is 1. The zero-order valence-corrected chi connectivity index (χ0v) is 10.6. The van der Waals surface area contributed by atoms with Crippen LogP contribution in [0.1, 0.15) is 5.56 Å². The number of alkyl halides is 3. The monoisotopic (exact) mass is 273 g/mol. The summed E-state index contributed by atoms with van der Waals surface area (Å²) in [6, 6.07) is 3.27. The second-order valence-electron chi connectivity index (χ2n) is 4.61. The Kier molecular flexibility index (Phi) is 3.40. The third-order valence-corrected chi connectivity index (χ3v) is 2.87. The van der Waals surface area contributed by atoms with Crippen LogP contribution in [0.2, 0.25) is 0 Å². The number of halogens is 3. The van der Waals surface area contributed by atoms with Crippen molar-refractivity contribution in [2.45, 2.75) is 12.7 Å². The van der Waals surface area contributed by atoms with Gasteiger partial charge in [-0.15, -0.1) is 0 Å². The molecular formula is C12H14F3N3O. The van der Waals surface area contributed by atoms with E-state index in [2.05, 4.69) is 4.98 Å². The topological polar surface area (TPSA) is 41.0 Å². The Balaban J connectivity index is 2.45. The quantitative estimate of drug-likeness (QED) is 0.928. The van der Waals surface area contributed by atoms with Crippen LogP contribution in [0.4, 0.5) is 13.2 Å². The maximum Gasteiger partial charge on any atom is 0.416 e. The number of rotatable bonds is 3. The second-order valence-corrected chi connectivity index (χ2v) is 4.61. The number of H-pyrrole nitrogens is 1. The minimum atomic E-state index is -4.41. The van der Waals surface area contributed by atoms with Crippen molar-refractivity contribution in [3.8, 4) is 0 Å². The van der Waals surface area contributed by atoms with E-state index in [0.29, 0.717) is 18.6 Å². The lowest BCUT2D eigenvalue weighted by Crippen LogP contribution is -2.24. The lowest BCUT2D eigenvalue weighted by Gasteiger charge is -2.10. The van der Waals surface area contributed by atoms with Crippen LogP contribution in [-0.2, 0) is 12.7 Å². The van der Waals surface area contributed by atoms with Crippen molar-refractivity contribution in [2.75, 3.05) is 20.6 Å². The first-order chi connectivity index (χ1) is 8.79. The fourth-order valence-corrected chi connectivity index (χ4v) is 1.86. The Labute approximate surface area is 107 Å². The van der Waals surface area contributed by atoms with Crippen molar-refractivity contribution in [2.24, 2.45) is 0 Å². The SMILES string of the molecule is CN(C)CCn1c(=O)[nH]c2cc(C(F)(F)F)ccc21. The van der Waals surface area contributed by atoms with Crippen LogP contribution < -0.4 is 5.69 Å². The van der Waals surface area contributed by atoms with Gasteiger partial charge in [-0.25, -0.2) is 4.79 Å². The van der Waals surface area contributed by atoms with Gasteiger partial charge in [0.25, 0.3) is 0 Å². The van der Waals surface area contributed by atoms with Crippen LogP contribution in [0.5, 0.6) is 0 Å². The van der Waals surface area contributed by atoms with Crippen molar-refractivity contribution in [3.05, 3.63) is 34.2 Å². The second kappa shape index (κ2) is 4.73. The van der Waals surface area contributed by atoms with Gasteiger partial charge in [0, 0.05) is 13.1 Å². The average molecular weight is 273 g/mol. The van der Waals surface area contributed by atoms with Crippen LogP contribution in [0.15, 0.2) is 23.0 Å². The predicted octanol–water partition coefficient (Wildman–Crippen LogP) is 1.91. The zero-order chi connectivity index (χ0) is 14.2. The third kappa shape index (κ3) is 2.81. The molecule has 0 spiro atoms. The van der Waals surface area contributed by atoms with Gasteiger partial charge in [-0.05, 0) is 32.3 Å². The summed E-state index contributed by atoms with van der Waals surface area (Å²) in [5.74, 6) is 0. The van der Waals surface area contributed by atoms with Gasteiger partial charge < -0.3 is 9.88 Å². The average Bonchev–Trinajstić information content (AvgIpc) is 2.59. The first-order valence-corrected chi connectivity index (χ1v) is 5.73. The summed E-state index contributed by atoms with van der Waals surface area (Å²) >= 11 is 0. The van der Waals surface area contributed by atoms with E-state index in [-0.39, 0.29) is 5.52 Å². The number of aromatic nitrogens is 2. The fraction of sp³-hybridized carbons (Fsp3) is 0.417. The van der Waals surface area contributed by atoms with Gasteiger partial charge >= 0.3 is 11.9 Å². The maximum atomic E-state index is 12.6. The molecule has 2 aromatic rings. The Hall–Kier alpha value is -1.76. The fourth-order valence-electron chi connectivity index (χ4n) is 1.86. The summed E-state index contributed by atoms with van der Waals surface area (Å²) in [4.78, 5) is 16.1. The summed E-state index contributed by atoms with van der Waals surface area (Å²) in [6.07, 6.45) is -4.41. The lowest BCUT2D eigenvalue weighted by atomic mass is 10.2. The molecule has 2 rings (SSSR count). The number of imidazole rings is 1. The van der Waals surface area contributed by atoms with E-state index >= 15 is 0 Å². The molecule has 1 heterocycles. The summed E-state index contributed by atoms with van der Waals surface area (Å²) in [6.45, 7) is 1.06. The highest BCUT2D eigenvalue weighted by atomic mass is 19.4. The van der Waals surface area contributed by atoms with Crippen molar-refractivity contribution in [1.29, 1.82) is 0 Å². The number of benzene rings is 1. The van der Waals surface area contributed by atoms with Crippen molar-refractivity contribution in [3.63, 3.8) is 0 Å². The van der Waals surface area contributed by atoms with Gasteiger partial charge in [0.1, 0.15) is 0 Å². The molecule has 4 nitrogen and oxygen atoms in total. The molecule has 0 unspecified atom stereocenters. The number of nitrogens with zero attached hydrogens (tertiary/aromatic N) is 2. The smallest absolute Gasteiger partial charge is 0.308 e. The van der Waals surface area contributed by atoms with E-state index in [1.54, 1.807) is 0 Å². The molecule has 1 aromatic carbocycles. The molecule has 0 bridgehead atoms. The molecule has 0 saturated carbocycles. The van der Waals surface area contributed by atoms with Crippen molar-refractivity contribution in [1.82, 2.24) is 14.5 Å². The molecule has 0 atom stereocenters. The number of hydrogen-bond acceptors (Lipinski definition) is 2.